The van der Waals surface area contributed by atoms with Crippen molar-refractivity contribution < 1.29 is 9.59 Å². The highest BCUT2D eigenvalue weighted by Gasteiger charge is 2.33. The number of nitrogens with zero attached hydrogens (tertiary/aromatic N) is 2. The fourth-order valence-electron chi connectivity index (χ4n) is 2.33. The Hall–Kier alpha value is -4.39. The number of aliphatic imine (C=N–C) groups is 2. The van der Waals surface area contributed by atoms with Crippen LogP contribution < -0.4 is 17.1 Å². The second-order valence-corrected chi connectivity index (χ2v) is 5.17. The predicted molar refractivity (Wildman–Crippen MR) is 98.2 cm³/mol. The average Bonchev–Trinajstić information content (AvgIpc) is 2.68. The monoisotopic (exact) mass is 379 g/mol. The summed E-state index contributed by atoms with van der Waals surface area (Å²) in [6.07, 6.45) is 2.99. The number of hydrogen-bond acceptors (Lipinski definition) is 7. The van der Waals surface area contributed by atoms with E-state index >= 15 is 0 Å². The molecular formula is C18H13N5O5. The van der Waals surface area contributed by atoms with Gasteiger partial charge in [0.25, 0.3) is 0 Å². The molecule has 2 aromatic carbocycles. The standard InChI is InChI=1S/C15H10N2O2.C3H3N3O3/c18-11-16-15(17-12-19,13-7-3-1-4-8-13)14-9-5-2-6-10-14;7-1-4-2(8)6-3(9)5-1/h1-10H;(H3,4,5,6,7,8,9). The van der Waals surface area contributed by atoms with Crippen LogP contribution in [0.5, 0.6) is 0 Å². The number of aromatic amines is 3. The van der Waals surface area contributed by atoms with Gasteiger partial charge in [0.15, 0.2) is 0 Å². The minimum Gasteiger partial charge on any atom is -0.259 e. The lowest BCUT2D eigenvalue weighted by molar-refractivity contribution is 0.516. The molecule has 0 aliphatic rings. The minimum absolute atomic E-state index is 0.605. The molecule has 0 spiro atoms. The van der Waals surface area contributed by atoms with Gasteiger partial charge in [0.2, 0.25) is 17.8 Å². The SMILES string of the molecule is O=C=NC(N=C=O)(c1ccccc1)c1ccccc1.O=c1[nH]c(=O)[nH]c(=O)[nH]1. The lowest BCUT2D eigenvalue weighted by atomic mass is 9.92. The fourth-order valence-corrected chi connectivity index (χ4v) is 2.33. The van der Waals surface area contributed by atoms with Crippen molar-refractivity contribution in [3.63, 3.8) is 0 Å². The number of H-pyrrole nitrogens is 3. The van der Waals surface area contributed by atoms with Gasteiger partial charge in [-0.25, -0.2) is 24.0 Å². The number of aromatic nitrogens is 3. The van der Waals surface area contributed by atoms with Crippen LogP contribution in [-0.4, -0.2) is 27.1 Å². The van der Waals surface area contributed by atoms with Gasteiger partial charge in [-0.05, 0) is 0 Å². The fraction of sp³-hybridized carbons (Fsp3) is 0.0556. The Morgan fingerprint density at radius 2 is 0.929 bits per heavy atom. The molecule has 0 saturated heterocycles. The smallest absolute Gasteiger partial charge is 0.259 e. The van der Waals surface area contributed by atoms with E-state index in [1.165, 1.54) is 12.2 Å². The number of benzene rings is 2. The molecule has 0 aliphatic carbocycles. The Kier molecular flexibility index (Phi) is 6.65. The van der Waals surface area contributed by atoms with Gasteiger partial charge >= 0.3 is 17.1 Å². The lowest BCUT2D eigenvalue weighted by Crippen LogP contribution is -2.34. The zero-order chi connectivity index (χ0) is 20.4. The molecule has 1 aromatic heterocycles. The highest BCUT2D eigenvalue weighted by atomic mass is 16.2. The third-order valence-corrected chi connectivity index (χ3v) is 3.45. The summed E-state index contributed by atoms with van der Waals surface area (Å²) in [6.45, 7) is 0. The van der Waals surface area contributed by atoms with Crippen molar-refractivity contribution in [3.05, 3.63) is 103 Å². The van der Waals surface area contributed by atoms with Gasteiger partial charge in [0.1, 0.15) is 0 Å². The summed E-state index contributed by atoms with van der Waals surface area (Å²) in [5, 5.41) is 0. The molecule has 3 rings (SSSR count). The third-order valence-electron chi connectivity index (χ3n) is 3.45. The van der Waals surface area contributed by atoms with Crippen LogP contribution in [0.2, 0.25) is 0 Å². The summed E-state index contributed by atoms with van der Waals surface area (Å²) in [4.78, 5) is 64.9. The van der Waals surface area contributed by atoms with Crippen LogP contribution in [0, 0.1) is 0 Å². The highest BCUT2D eigenvalue weighted by Crippen LogP contribution is 2.34. The molecule has 0 fully saturated rings. The quantitative estimate of drug-likeness (QED) is 0.439. The van der Waals surface area contributed by atoms with Crippen molar-refractivity contribution >= 4 is 12.2 Å². The van der Waals surface area contributed by atoms with Crippen molar-refractivity contribution in [2.45, 2.75) is 5.66 Å². The van der Waals surface area contributed by atoms with Crippen molar-refractivity contribution in [1.82, 2.24) is 15.0 Å². The van der Waals surface area contributed by atoms with Crippen molar-refractivity contribution in [1.29, 1.82) is 0 Å². The first-order chi connectivity index (χ1) is 13.5. The molecule has 0 radical (unpaired) electrons. The van der Waals surface area contributed by atoms with Crippen molar-refractivity contribution in [2.75, 3.05) is 0 Å². The van der Waals surface area contributed by atoms with E-state index in [1.807, 2.05) is 12.1 Å². The van der Waals surface area contributed by atoms with E-state index in [0.717, 1.165) is 0 Å². The molecule has 28 heavy (non-hydrogen) atoms. The molecule has 140 valence electrons. The minimum atomic E-state index is -1.41. The third kappa shape index (κ3) is 4.83. The number of hydrogen-bond donors (Lipinski definition) is 3. The molecule has 10 heteroatoms. The number of carbonyl (C=O) groups excluding carboxylic acids is 2. The summed E-state index contributed by atoms with van der Waals surface area (Å²) in [6, 6.07) is 17.8. The molecule has 0 saturated carbocycles. The molecular weight excluding hydrogens is 366 g/mol. The zero-order valence-electron chi connectivity index (χ0n) is 14.2. The van der Waals surface area contributed by atoms with Gasteiger partial charge in [-0.15, -0.1) is 0 Å². The maximum absolute atomic E-state index is 10.8. The Labute approximate surface area is 156 Å². The van der Waals surface area contributed by atoms with Crippen LogP contribution in [0.1, 0.15) is 11.1 Å². The molecule has 0 unspecified atom stereocenters. The summed E-state index contributed by atoms with van der Waals surface area (Å²) in [7, 11) is 0. The van der Waals surface area contributed by atoms with Crippen molar-refractivity contribution in [3.8, 4) is 0 Å². The highest BCUT2D eigenvalue weighted by molar-refractivity contribution is 5.49. The van der Waals surface area contributed by atoms with Crippen LogP contribution in [-0.2, 0) is 15.3 Å². The van der Waals surface area contributed by atoms with E-state index in [1.54, 1.807) is 63.5 Å². The van der Waals surface area contributed by atoms with E-state index in [0.29, 0.717) is 11.1 Å². The maximum atomic E-state index is 10.8. The van der Waals surface area contributed by atoms with E-state index < -0.39 is 22.7 Å². The largest absolute Gasteiger partial charge is 0.330 e. The molecule has 0 atom stereocenters. The lowest BCUT2D eigenvalue weighted by Gasteiger charge is -2.22. The second-order valence-electron chi connectivity index (χ2n) is 5.17. The van der Waals surface area contributed by atoms with Crippen LogP contribution in [0.15, 0.2) is 85.0 Å². The first-order valence-corrected chi connectivity index (χ1v) is 7.74. The Morgan fingerprint density at radius 1 is 0.607 bits per heavy atom. The summed E-state index contributed by atoms with van der Waals surface area (Å²) in [5.41, 5.74) is -2.61. The molecule has 0 aliphatic heterocycles. The Balaban J connectivity index is 0.000000261. The molecule has 3 aromatic rings. The first kappa shape index (κ1) is 19.9. The van der Waals surface area contributed by atoms with Gasteiger partial charge in [-0.1, -0.05) is 60.7 Å². The van der Waals surface area contributed by atoms with E-state index in [-0.39, 0.29) is 0 Å². The van der Waals surface area contributed by atoms with E-state index in [2.05, 4.69) is 9.98 Å². The second kappa shape index (κ2) is 9.35. The molecule has 1 heterocycles. The molecule has 10 nitrogen and oxygen atoms in total. The normalized spacial score (nSPS) is 9.86. The molecule has 0 bridgehead atoms. The van der Waals surface area contributed by atoms with Crippen LogP contribution in [0.25, 0.3) is 0 Å². The number of isocyanates is 2. The van der Waals surface area contributed by atoms with Gasteiger partial charge in [-0.3, -0.25) is 15.0 Å². The predicted octanol–water partition coefficient (Wildman–Crippen LogP) is 0.311. The van der Waals surface area contributed by atoms with Gasteiger partial charge in [-0.2, -0.15) is 9.98 Å². The zero-order valence-corrected chi connectivity index (χ0v) is 14.2. The van der Waals surface area contributed by atoms with Crippen LogP contribution in [0.3, 0.4) is 0 Å². The van der Waals surface area contributed by atoms with E-state index in [9.17, 15) is 24.0 Å². The van der Waals surface area contributed by atoms with Gasteiger partial charge in [0.05, 0.1) is 0 Å². The average molecular weight is 379 g/mol. The Morgan fingerprint density at radius 3 is 1.21 bits per heavy atom. The first-order valence-electron chi connectivity index (χ1n) is 7.74. The Bertz CT molecular complexity index is 1050. The number of rotatable bonds is 4. The van der Waals surface area contributed by atoms with Crippen molar-refractivity contribution in [2.24, 2.45) is 9.98 Å². The maximum Gasteiger partial charge on any atom is 0.330 e. The topological polar surface area (TPSA) is 157 Å². The molecule has 3 N–H and O–H groups in total. The van der Waals surface area contributed by atoms with Crippen LogP contribution in [0.4, 0.5) is 0 Å². The number of nitrogens with one attached hydrogen (secondary N) is 3. The van der Waals surface area contributed by atoms with Gasteiger partial charge in [0, 0.05) is 11.1 Å². The summed E-state index contributed by atoms with van der Waals surface area (Å²) in [5.74, 6) is 0. The molecule has 0 amide bonds. The summed E-state index contributed by atoms with van der Waals surface area (Å²) >= 11 is 0. The van der Waals surface area contributed by atoms with Crippen LogP contribution >= 0.6 is 0 Å². The summed E-state index contributed by atoms with van der Waals surface area (Å²) < 4.78 is 0. The van der Waals surface area contributed by atoms with E-state index in [4.69, 9.17) is 0 Å². The van der Waals surface area contributed by atoms with Gasteiger partial charge < -0.3 is 0 Å².